The van der Waals surface area contributed by atoms with Crippen molar-refractivity contribution in [1.82, 2.24) is 0 Å². The van der Waals surface area contributed by atoms with Crippen LogP contribution in [0.15, 0.2) is 6.07 Å². The van der Waals surface area contributed by atoms with Gasteiger partial charge in [-0.25, -0.2) is 0 Å². The van der Waals surface area contributed by atoms with Crippen LogP contribution < -0.4 is 11.5 Å². The van der Waals surface area contributed by atoms with Crippen LogP contribution in [0.2, 0.25) is 0 Å². The fourth-order valence-corrected chi connectivity index (χ4v) is 2.96. The van der Waals surface area contributed by atoms with E-state index in [9.17, 15) is 16.8 Å². The van der Waals surface area contributed by atoms with Crippen LogP contribution in [0.1, 0.15) is 16.7 Å². The molecule has 1 aromatic rings. The lowest BCUT2D eigenvalue weighted by Crippen LogP contribution is -2.13. The van der Waals surface area contributed by atoms with Crippen LogP contribution in [0.3, 0.4) is 0 Å². The summed E-state index contributed by atoms with van der Waals surface area (Å²) in [5.74, 6) is -1.59. The topological polar surface area (TPSA) is 161 Å². The normalized spacial score (nSPS) is 12.6. The number of rotatable bonds is 4. The first-order chi connectivity index (χ1) is 8.41. The van der Waals surface area contributed by atoms with Crippen LogP contribution in [0.4, 0.5) is 11.4 Å². The molecule has 0 saturated heterocycles. The Labute approximate surface area is 110 Å². The van der Waals surface area contributed by atoms with Gasteiger partial charge in [0, 0.05) is 16.9 Å². The van der Waals surface area contributed by atoms with Crippen LogP contribution in [-0.2, 0) is 31.7 Å². The van der Waals surface area contributed by atoms with E-state index in [1.165, 1.54) is 13.0 Å². The molecule has 8 nitrogen and oxygen atoms in total. The zero-order valence-corrected chi connectivity index (χ0v) is 11.6. The molecule has 0 aromatic heterocycles. The van der Waals surface area contributed by atoms with Crippen molar-refractivity contribution in [2.75, 3.05) is 11.5 Å². The largest absolute Gasteiger partial charge is 0.398 e. The highest BCUT2D eigenvalue weighted by Gasteiger charge is 2.19. The highest BCUT2D eigenvalue weighted by atomic mass is 32.2. The minimum absolute atomic E-state index is 0.0212. The van der Waals surface area contributed by atoms with E-state index >= 15 is 0 Å². The molecule has 0 heterocycles. The second-order valence-electron chi connectivity index (χ2n) is 4.11. The van der Waals surface area contributed by atoms with Gasteiger partial charge in [-0.1, -0.05) is 6.07 Å². The summed E-state index contributed by atoms with van der Waals surface area (Å²) in [7, 11) is -8.69. The fourth-order valence-electron chi connectivity index (χ4n) is 1.65. The number of hydrogen-bond donors (Lipinski definition) is 4. The fraction of sp³-hybridized carbons (Fsp3) is 0.333. The van der Waals surface area contributed by atoms with Crippen molar-refractivity contribution < 1.29 is 25.9 Å². The molecule has 0 radical (unpaired) electrons. The Kier molecular flexibility index (Phi) is 4.10. The van der Waals surface area contributed by atoms with Gasteiger partial charge in [-0.05, 0) is 18.1 Å². The van der Waals surface area contributed by atoms with Crippen LogP contribution in [0.25, 0.3) is 0 Å². The molecule has 0 saturated carbocycles. The molecule has 1 rings (SSSR count). The lowest BCUT2D eigenvalue weighted by Gasteiger charge is -2.14. The Balaban J connectivity index is 3.47. The van der Waals surface area contributed by atoms with Crippen LogP contribution in [0.5, 0.6) is 0 Å². The van der Waals surface area contributed by atoms with Crippen LogP contribution >= 0.6 is 0 Å². The van der Waals surface area contributed by atoms with E-state index in [-0.39, 0.29) is 22.5 Å². The zero-order valence-electron chi connectivity index (χ0n) is 9.99. The summed E-state index contributed by atoms with van der Waals surface area (Å²) >= 11 is 0. The predicted molar refractivity (Wildman–Crippen MR) is 70.5 cm³/mol. The van der Waals surface area contributed by atoms with Crippen molar-refractivity contribution in [2.24, 2.45) is 0 Å². The van der Waals surface area contributed by atoms with Gasteiger partial charge >= 0.3 is 0 Å². The van der Waals surface area contributed by atoms with Gasteiger partial charge in [-0.2, -0.15) is 16.8 Å². The smallest absolute Gasteiger partial charge is 0.269 e. The molecule has 0 spiro atoms. The van der Waals surface area contributed by atoms with Crippen molar-refractivity contribution in [1.29, 1.82) is 0 Å². The quantitative estimate of drug-likeness (QED) is 0.444. The average molecular weight is 310 g/mol. The lowest BCUT2D eigenvalue weighted by molar-refractivity contribution is 0.480. The van der Waals surface area contributed by atoms with Gasteiger partial charge in [0.1, 0.15) is 11.5 Å². The Morgan fingerprint density at radius 2 is 1.47 bits per heavy atom. The number of nitrogens with two attached hydrogens (primary N) is 2. The molecule has 0 bridgehead atoms. The lowest BCUT2D eigenvalue weighted by atomic mass is 10.0. The van der Waals surface area contributed by atoms with Gasteiger partial charge in [-0.3, -0.25) is 9.11 Å². The van der Waals surface area contributed by atoms with Gasteiger partial charge in [0.05, 0.1) is 0 Å². The molecular formula is C9H14N2O6S2. The number of nitrogen functional groups attached to an aromatic ring is 2. The van der Waals surface area contributed by atoms with Crippen molar-refractivity contribution in [3.8, 4) is 0 Å². The molecule has 0 aliphatic heterocycles. The van der Waals surface area contributed by atoms with Crippen LogP contribution in [0, 0.1) is 6.92 Å². The summed E-state index contributed by atoms with van der Waals surface area (Å²) in [5.41, 5.74) is 11.5. The number of benzene rings is 1. The van der Waals surface area contributed by atoms with E-state index in [0.717, 1.165) is 0 Å². The first-order valence-corrected chi connectivity index (χ1v) is 8.19. The second kappa shape index (κ2) is 4.96. The maximum Gasteiger partial charge on any atom is 0.269 e. The molecule has 0 unspecified atom stereocenters. The van der Waals surface area contributed by atoms with E-state index in [0.29, 0.717) is 5.56 Å². The predicted octanol–water partition coefficient (Wildman–Crippen LogP) is -0.0650. The third-order valence-electron chi connectivity index (χ3n) is 2.48. The van der Waals surface area contributed by atoms with E-state index in [2.05, 4.69) is 0 Å². The van der Waals surface area contributed by atoms with Crippen LogP contribution in [-0.4, -0.2) is 25.9 Å². The number of hydrogen-bond acceptors (Lipinski definition) is 6. The van der Waals surface area contributed by atoms with Crippen molar-refractivity contribution in [3.05, 3.63) is 22.8 Å². The minimum Gasteiger partial charge on any atom is -0.398 e. The summed E-state index contributed by atoms with van der Waals surface area (Å²) in [6.07, 6.45) is 0. The van der Waals surface area contributed by atoms with Gasteiger partial charge in [-0.15, -0.1) is 0 Å². The highest BCUT2D eigenvalue weighted by Crippen LogP contribution is 2.30. The Morgan fingerprint density at radius 1 is 1.00 bits per heavy atom. The molecule has 108 valence electrons. The molecule has 0 aliphatic rings. The maximum atomic E-state index is 10.9. The summed E-state index contributed by atoms with van der Waals surface area (Å²) < 4.78 is 61.1. The zero-order chi connectivity index (χ0) is 15.0. The Bertz CT molecular complexity index is 709. The number of anilines is 2. The Hall–Kier alpha value is -1.36. The molecule has 19 heavy (non-hydrogen) atoms. The second-order valence-corrected chi connectivity index (χ2v) is 7.02. The molecule has 10 heteroatoms. The van der Waals surface area contributed by atoms with Crippen molar-refractivity contribution in [3.63, 3.8) is 0 Å². The Morgan fingerprint density at radius 3 is 1.89 bits per heavy atom. The molecule has 0 fully saturated rings. The summed E-state index contributed by atoms with van der Waals surface area (Å²) in [4.78, 5) is 0. The number of aryl methyl sites for hydroxylation is 1. The third kappa shape index (κ3) is 4.35. The van der Waals surface area contributed by atoms with Gasteiger partial charge in [0.15, 0.2) is 0 Å². The summed E-state index contributed by atoms with van der Waals surface area (Å²) in [6, 6.07) is 1.34. The maximum absolute atomic E-state index is 10.9. The molecule has 0 amide bonds. The van der Waals surface area contributed by atoms with Gasteiger partial charge in [0.2, 0.25) is 0 Å². The molecule has 0 atom stereocenters. The van der Waals surface area contributed by atoms with E-state index in [1.807, 2.05) is 0 Å². The van der Waals surface area contributed by atoms with E-state index in [4.69, 9.17) is 20.6 Å². The van der Waals surface area contributed by atoms with Gasteiger partial charge in [0.25, 0.3) is 20.2 Å². The van der Waals surface area contributed by atoms with Crippen molar-refractivity contribution >= 4 is 31.6 Å². The molecule has 1 aromatic carbocycles. The minimum atomic E-state index is -4.37. The SMILES string of the molecule is Cc1cc(CS(=O)(=O)O)c(N)c(CS(=O)(=O)O)c1N. The highest BCUT2D eigenvalue weighted by molar-refractivity contribution is 7.85. The first-order valence-electron chi connectivity index (χ1n) is 4.97. The molecule has 0 aliphatic carbocycles. The standard InChI is InChI=1S/C9H14N2O6S2/c1-5-2-6(3-18(12,13)14)9(11)7(8(5)10)4-19(15,16)17/h2H,3-4,10-11H2,1H3,(H,12,13,14)(H,15,16,17). The van der Waals surface area contributed by atoms with E-state index in [1.54, 1.807) is 0 Å². The first kappa shape index (κ1) is 15.7. The van der Waals surface area contributed by atoms with Gasteiger partial charge < -0.3 is 11.5 Å². The molecule has 6 N–H and O–H groups in total. The third-order valence-corrected chi connectivity index (χ3v) is 3.81. The summed E-state index contributed by atoms with van der Waals surface area (Å²) in [5, 5.41) is 0. The van der Waals surface area contributed by atoms with Crippen molar-refractivity contribution in [2.45, 2.75) is 18.4 Å². The molecular weight excluding hydrogens is 296 g/mol. The average Bonchev–Trinajstić information content (AvgIpc) is 2.17. The van der Waals surface area contributed by atoms with E-state index < -0.39 is 31.7 Å². The monoisotopic (exact) mass is 310 g/mol. The summed E-state index contributed by atoms with van der Waals surface area (Å²) in [6.45, 7) is 1.52.